The molecule has 0 aromatic heterocycles. The van der Waals surface area contributed by atoms with E-state index >= 15 is 0 Å². The van der Waals surface area contributed by atoms with Crippen LogP contribution in [0.15, 0.2) is 12.1 Å². The highest BCUT2D eigenvalue weighted by Gasteiger charge is 2.47. The van der Waals surface area contributed by atoms with Crippen LogP contribution in [0.1, 0.15) is 17.2 Å². The van der Waals surface area contributed by atoms with E-state index in [1.54, 1.807) is 6.07 Å². The van der Waals surface area contributed by atoms with Crippen LogP contribution >= 0.6 is 23.2 Å². The minimum atomic E-state index is 0.288. The molecule has 0 amide bonds. The number of fused-ring (bicyclic) bond motifs is 3. The molecule has 1 saturated heterocycles. The van der Waals surface area contributed by atoms with Crippen LogP contribution in [0.4, 0.5) is 0 Å². The van der Waals surface area contributed by atoms with E-state index in [9.17, 15) is 0 Å². The molecule has 1 aromatic rings. The average Bonchev–Trinajstić information content (AvgIpc) is 2.68. The van der Waals surface area contributed by atoms with Gasteiger partial charge in [-0.3, -0.25) is 0 Å². The first-order valence-electron chi connectivity index (χ1n) is 3.89. The molecule has 0 saturated carbocycles. The first-order valence-corrected chi connectivity index (χ1v) is 4.64. The minimum Gasteiger partial charge on any atom is -0.364 e. The molecule has 1 aromatic carbocycles. The quantitative estimate of drug-likeness (QED) is 0.587. The monoisotopic (exact) mass is 200 g/mol. The fourth-order valence-electron chi connectivity index (χ4n) is 1.87. The van der Waals surface area contributed by atoms with Crippen molar-refractivity contribution in [1.82, 2.24) is 0 Å². The molecule has 2 atom stereocenters. The molecule has 62 valence electrons. The van der Waals surface area contributed by atoms with Crippen molar-refractivity contribution < 1.29 is 4.74 Å². The summed E-state index contributed by atoms with van der Waals surface area (Å²) in [6.45, 7) is 0. The van der Waals surface area contributed by atoms with Crippen LogP contribution in [0.3, 0.4) is 0 Å². The predicted octanol–water partition coefficient (Wildman–Crippen LogP) is 2.99. The Hall–Kier alpha value is -0.240. The average molecular weight is 201 g/mol. The Bertz CT molecular complexity index is 362. The highest BCUT2D eigenvalue weighted by molar-refractivity contribution is 6.35. The second kappa shape index (κ2) is 2.16. The third-order valence-electron chi connectivity index (χ3n) is 2.49. The molecular formula is C9H6Cl2O. The second-order valence-corrected chi connectivity index (χ2v) is 4.10. The van der Waals surface area contributed by atoms with Crippen molar-refractivity contribution in [2.24, 2.45) is 0 Å². The zero-order valence-corrected chi connectivity index (χ0v) is 7.69. The lowest BCUT2D eigenvalue weighted by atomic mass is 10.1. The largest absolute Gasteiger partial charge is 0.364 e. The summed E-state index contributed by atoms with van der Waals surface area (Å²) in [6.07, 6.45) is 1.63. The van der Waals surface area contributed by atoms with Crippen LogP contribution in [-0.4, -0.2) is 6.10 Å². The van der Waals surface area contributed by atoms with Crippen molar-refractivity contribution in [3.63, 3.8) is 0 Å². The van der Waals surface area contributed by atoms with E-state index in [2.05, 4.69) is 0 Å². The zero-order valence-electron chi connectivity index (χ0n) is 6.18. The number of benzene rings is 1. The van der Waals surface area contributed by atoms with Gasteiger partial charge in [0.15, 0.2) is 0 Å². The molecule has 2 aliphatic rings. The van der Waals surface area contributed by atoms with E-state index in [4.69, 9.17) is 27.9 Å². The molecule has 0 radical (unpaired) electrons. The number of hydrogen-bond acceptors (Lipinski definition) is 1. The molecule has 1 heterocycles. The Morgan fingerprint density at radius 1 is 1.33 bits per heavy atom. The summed E-state index contributed by atoms with van der Waals surface area (Å²) in [7, 11) is 0. The van der Waals surface area contributed by atoms with Gasteiger partial charge in [-0.2, -0.15) is 0 Å². The molecule has 3 heteroatoms. The van der Waals surface area contributed by atoms with E-state index in [0.717, 1.165) is 11.4 Å². The van der Waals surface area contributed by atoms with Crippen LogP contribution in [0.25, 0.3) is 0 Å². The molecule has 3 rings (SSSR count). The van der Waals surface area contributed by atoms with Crippen molar-refractivity contribution in [2.45, 2.75) is 18.6 Å². The van der Waals surface area contributed by atoms with Crippen LogP contribution in [0.2, 0.25) is 10.0 Å². The smallest absolute Gasteiger partial charge is 0.110 e. The first-order chi connectivity index (χ1) is 5.75. The van der Waals surface area contributed by atoms with Crippen molar-refractivity contribution in [3.05, 3.63) is 33.3 Å². The maximum absolute atomic E-state index is 6.02. The molecular weight excluding hydrogens is 195 g/mol. The van der Waals surface area contributed by atoms with Crippen LogP contribution in [0, 0.1) is 0 Å². The summed E-state index contributed by atoms with van der Waals surface area (Å²) in [5, 5.41) is 1.49. The van der Waals surface area contributed by atoms with Crippen molar-refractivity contribution in [2.75, 3.05) is 0 Å². The summed E-state index contributed by atoms with van der Waals surface area (Å²) >= 11 is 11.9. The van der Waals surface area contributed by atoms with Gasteiger partial charge in [0.25, 0.3) is 0 Å². The molecule has 1 aliphatic heterocycles. The summed E-state index contributed by atoms with van der Waals surface area (Å²) < 4.78 is 5.37. The maximum Gasteiger partial charge on any atom is 0.110 e. The number of hydrogen-bond donors (Lipinski definition) is 0. The molecule has 1 nitrogen and oxygen atoms in total. The van der Waals surface area contributed by atoms with E-state index in [1.165, 1.54) is 11.1 Å². The van der Waals surface area contributed by atoms with Gasteiger partial charge in [-0.05, 0) is 23.3 Å². The van der Waals surface area contributed by atoms with E-state index in [1.807, 2.05) is 6.07 Å². The van der Waals surface area contributed by atoms with Gasteiger partial charge in [-0.15, -0.1) is 0 Å². The van der Waals surface area contributed by atoms with E-state index in [-0.39, 0.29) is 6.10 Å². The van der Waals surface area contributed by atoms with Crippen molar-refractivity contribution in [1.29, 1.82) is 0 Å². The number of rotatable bonds is 0. The minimum absolute atomic E-state index is 0.288. The third kappa shape index (κ3) is 0.846. The van der Waals surface area contributed by atoms with Gasteiger partial charge in [0.05, 0.1) is 6.10 Å². The number of ether oxygens (including phenoxy) is 1. The highest BCUT2D eigenvalue weighted by Crippen LogP contribution is 2.51. The normalized spacial score (nSPS) is 29.8. The van der Waals surface area contributed by atoms with Crippen molar-refractivity contribution in [3.8, 4) is 0 Å². The number of halogens is 2. The van der Waals surface area contributed by atoms with Gasteiger partial charge in [0, 0.05) is 16.5 Å². The third-order valence-corrected chi connectivity index (χ3v) is 3.04. The Morgan fingerprint density at radius 3 is 3.00 bits per heavy atom. The Balaban J connectivity index is 2.24. The lowest BCUT2D eigenvalue weighted by molar-refractivity contribution is 0.361. The fraction of sp³-hybridized carbons (Fsp3) is 0.333. The molecule has 0 unspecified atom stereocenters. The van der Waals surface area contributed by atoms with Gasteiger partial charge in [-0.1, -0.05) is 23.2 Å². The zero-order chi connectivity index (χ0) is 8.29. The summed E-state index contributed by atoms with van der Waals surface area (Å²) in [4.78, 5) is 0. The van der Waals surface area contributed by atoms with Crippen LogP contribution in [0.5, 0.6) is 0 Å². The fourth-order valence-corrected chi connectivity index (χ4v) is 2.45. The molecule has 12 heavy (non-hydrogen) atoms. The Kier molecular flexibility index (Phi) is 1.30. The van der Waals surface area contributed by atoms with E-state index in [0.29, 0.717) is 11.1 Å². The molecule has 1 aliphatic carbocycles. The highest BCUT2D eigenvalue weighted by atomic mass is 35.5. The molecule has 0 N–H and O–H groups in total. The predicted molar refractivity (Wildman–Crippen MR) is 47.8 cm³/mol. The lowest BCUT2D eigenvalue weighted by Crippen LogP contribution is -1.90. The number of epoxide rings is 1. The summed E-state index contributed by atoms with van der Waals surface area (Å²) in [5.74, 6) is 0. The van der Waals surface area contributed by atoms with Crippen LogP contribution < -0.4 is 0 Å². The standard InChI is InChI=1S/C9H6Cl2O/c10-4-1-6-5(7(11)2-4)3-8-9(6)12-8/h1-2,8-9H,3H2/t8-,9+/m1/s1. The summed E-state index contributed by atoms with van der Waals surface area (Å²) in [6, 6.07) is 3.76. The maximum atomic E-state index is 6.02. The SMILES string of the molecule is Clc1cc(Cl)c2c(c1)[C@@H]1O[C@@H]1C2. The van der Waals surface area contributed by atoms with Gasteiger partial charge < -0.3 is 4.74 Å². The topological polar surface area (TPSA) is 12.5 Å². The van der Waals surface area contributed by atoms with E-state index < -0.39 is 0 Å². The van der Waals surface area contributed by atoms with Gasteiger partial charge in [-0.25, -0.2) is 0 Å². The molecule has 0 spiro atoms. The Morgan fingerprint density at radius 2 is 2.17 bits per heavy atom. The first kappa shape index (κ1) is 7.19. The van der Waals surface area contributed by atoms with Gasteiger partial charge in [0.1, 0.15) is 6.10 Å². The van der Waals surface area contributed by atoms with Gasteiger partial charge in [0.2, 0.25) is 0 Å². The van der Waals surface area contributed by atoms with Crippen molar-refractivity contribution >= 4 is 23.2 Å². The molecule has 0 bridgehead atoms. The summed E-state index contributed by atoms with van der Waals surface area (Å²) in [5.41, 5.74) is 2.42. The lowest BCUT2D eigenvalue weighted by Gasteiger charge is -2.04. The van der Waals surface area contributed by atoms with Gasteiger partial charge >= 0.3 is 0 Å². The second-order valence-electron chi connectivity index (χ2n) is 3.25. The molecule has 1 fully saturated rings. The van der Waals surface area contributed by atoms with Crippen LogP contribution in [-0.2, 0) is 11.2 Å². The Labute approximate surface area is 80.2 Å².